The van der Waals surface area contributed by atoms with Gasteiger partial charge in [-0.3, -0.25) is 4.68 Å². The molecule has 0 fully saturated rings. The highest BCUT2D eigenvalue weighted by Crippen LogP contribution is 2.45. The maximum absolute atomic E-state index is 6.53. The number of aryl methyl sites for hydroxylation is 2. The second-order valence-corrected chi connectivity index (χ2v) is 7.47. The van der Waals surface area contributed by atoms with Crippen LogP contribution < -0.4 is 9.47 Å². The summed E-state index contributed by atoms with van der Waals surface area (Å²) in [6.45, 7) is 2.09. The summed E-state index contributed by atoms with van der Waals surface area (Å²) in [5.41, 5.74) is 7.26. The molecule has 0 amide bonds. The zero-order chi connectivity index (χ0) is 20.7. The smallest absolute Gasteiger partial charge is 0.146 e. The summed E-state index contributed by atoms with van der Waals surface area (Å²) in [6.07, 6.45) is 2.02. The molecule has 0 unspecified atom stereocenters. The van der Waals surface area contributed by atoms with Crippen molar-refractivity contribution in [2.45, 2.75) is 6.92 Å². The Kier molecular flexibility index (Phi) is 4.40. The van der Waals surface area contributed by atoms with Gasteiger partial charge in [0.2, 0.25) is 0 Å². The maximum Gasteiger partial charge on any atom is 0.146 e. The van der Waals surface area contributed by atoms with Crippen molar-refractivity contribution in [1.29, 1.82) is 0 Å². The minimum Gasteiger partial charge on any atom is -0.497 e. The Morgan fingerprint density at radius 1 is 0.900 bits per heavy atom. The first-order chi connectivity index (χ1) is 14.6. The van der Waals surface area contributed by atoms with Gasteiger partial charge < -0.3 is 9.47 Å². The van der Waals surface area contributed by atoms with Crippen molar-refractivity contribution in [3.05, 3.63) is 101 Å². The summed E-state index contributed by atoms with van der Waals surface area (Å²) in [5.74, 6) is 2.42. The number of methoxy groups -OCH3 is 1. The van der Waals surface area contributed by atoms with E-state index < -0.39 is 0 Å². The normalized spacial score (nSPS) is 13.8. The van der Waals surface area contributed by atoms with E-state index in [-0.39, 0.29) is 0 Å². The molecule has 148 valence electrons. The molecule has 0 bridgehead atoms. The molecule has 3 aromatic carbocycles. The highest BCUT2D eigenvalue weighted by Gasteiger charge is 2.28. The average molecular weight is 394 g/mol. The van der Waals surface area contributed by atoms with Crippen LogP contribution in [0.25, 0.3) is 22.6 Å². The first-order valence-electron chi connectivity index (χ1n) is 9.91. The van der Waals surface area contributed by atoms with E-state index in [4.69, 9.17) is 14.6 Å². The number of benzene rings is 3. The minimum absolute atomic E-state index is 0.800. The van der Waals surface area contributed by atoms with E-state index in [1.54, 1.807) is 7.11 Å². The minimum atomic E-state index is 0.800. The molecule has 0 radical (unpaired) electrons. The SMILES string of the molecule is COc1cccc(C(=C2Oc3ccccc3-c3nn(C)cc32)c2ccc(C)cc2)c1. The number of aromatic nitrogens is 2. The quantitative estimate of drug-likeness (QED) is 0.446. The van der Waals surface area contributed by atoms with E-state index >= 15 is 0 Å². The van der Waals surface area contributed by atoms with Crippen molar-refractivity contribution in [2.24, 2.45) is 7.05 Å². The average Bonchev–Trinajstić information content (AvgIpc) is 3.17. The largest absolute Gasteiger partial charge is 0.497 e. The van der Waals surface area contributed by atoms with Gasteiger partial charge in [-0.15, -0.1) is 0 Å². The molecule has 5 rings (SSSR count). The number of rotatable bonds is 3. The van der Waals surface area contributed by atoms with Gasteiger partial charge in [0.05, 0.1) is 12.7 Å². The predicted molar refractivity (Wildman–Crippen MR) is 119 cm³/mol. The van der Waals surface area contributed by atoms with E-state index in [0.717, 1.165) is 50.8 Å². The summed E-state index contributed by atoms with van der Waals surface area (Å²) < 4.78 is 13.9. The van der Waals surface area contributed by atoms with E-state index in [9.17, 15) is 0 Å². The second-order valence-electron chi connectivity index (χ2n) is 7.47. The molecule has 1 aliphatic rings. The molecule has 1 aliphatic heterocycles. The maximum atomic E-state index is 6.53. The number of hydrogen-bond donors (Lipinski definition) is 0. The number of hydrogen-bond acceptors (Lipinski definition) is 3. The van der Waals surface area contributed by atoms with Gasteiger partial charge in [-0.1, -0.05) is 54.1 Å². The molecular formula is C26H22N2O2. The molecule has 4 nitrogen and oxygen atoms in total. The standard InChI is InChI=1S/C26H22N2O2/c1-17-11-13-18(14-12-17)24(19-7-6-8-20(15-19)29-3)26-22-16-28(2)27-25(22)21-9-4-5-10-23(21)30-26/h4-16H,1-3H3. The Balaban J connectivity index is 1.83. The van der Waals surface area contributed by atoms with Gasteiger partial charge in [0, 0.05) is 24.4 Å². The summed E-state index contributed by atoms with van der Waals surface area (Å²) in [6, 6.07) is 24.6. The number of nitrogens with zero attached hydrogens (tertiary/aromatic N) is 2. The monoisotopic (exact) mass is 394 g/mol. The van der Waals surface area contributed by atoms with Crippen LogP contribution in [0, 0.1) is 6.92 Å². The first kappa shape index (κ1) is 18.3. The molecule has 0 spiro atoms. The Bertz CT molecular complexity index is 1270. The van der Waals surface area contributed by atoms with Crippen LogP contribution >= 0.6 is 0 Å². The van der Waals surface area contributed by atoms with Crippen molar-refractivity contribution in [3.8, 4) is 22.8 Å². The summed E-state index contributed by atoms with van der Waals surface area (Å²) in [4.78, 5) is 0. The number of fused-ring (bicyclic) bond motifs is 3. The van der Waals surface area contributed by atoms with Crippen LogP contribution in [0.3, 0.4) is 0 Å². The van der Waals surface area contributed by atoms with Crippen molar-refractivity contribution in [1.82, 2.24) is 9.78 Å². The molecule has 0 N–H and O–H groups in total. The van der Waals surface area contributed by atoms with Crippen molar-refractivity contribution in [2.75, 3.05) is 7.11 Å². The van der Waals surface area contributed by atoms with E-state index in [1.807, 2.05) is 54.3 Å². The molecule has 1 aromatic heterocycles. The lowest BCUT2D eigenvalue weighted by Gasteiger charge is -2.23. The van der Waals surface area contributed by atoms with Gasteiger partial charge in [-0.05, 0) is 42.3 Å². The van der Waals surface area contributed by atoms with E-state index in [1.165, 1.54) is 5.56 Å². The molecule has 30 heavy (non-hydrogen) atoms. The Hall–Kier alpha value is -3.79. The van der Waals surface area contributed by atoms with Gasteiger partial charge in [0.25, 0.3) is 0 Å². The summed E-state index contributed by atoms with van der Waals surface area (Å²) in [5, 5.41) is 4.74. The van der Waals surface area contributed by atoms with Crippen LogP contribution in [-0.2, 0) is 7.05 Å². The molecule has 0 saturated heterocycles. The Morgan fingerprint density at radius 2 is 1.70 bits per heavy atom. The lowest BCUT2D eigenvalue weighted by atomic mass is 9.91. The molecule has 0 saturated carbocycles. The van der Waals surface area contributed by atoms with Gasteiger partial charge in [0.1, 0.15) is 23.0 Å². The lowest BCUT2D eigenvalue weighted by molar-refractivity contribution is 0.414. The Morgan fingerprint density at radius 3 is 2.50 bits per heavy atom. The molecule has 0 aliphatic carbocycles. The van der Waals surface area contributed by atoms with Gasteiger partial charge >= 0.3 is 0 Å². The topological polar surface area (TPSA) is 36.3 Å². The molecule has 4 aromatic rings. The highest BCUT2D eigenvalue weighted by molar-refractivity contribution is 6.01. The summed E-state index contributed by atoms with van der Waals surface area (Å²) in [7, 11) is 3.63. The van der Waals surface area contributed by atoms with Crippen LogP contribution in [0.4, 0.5) is 0 Å². The first-order valence-corrected chi connectivity index (χ1v) is 9.91. The summed E-state index contributed by atoms with van der Waals surface area (Å²) >= 11 is 0. The Labute approximate surface area is 176 Å². The molecule has 4 heteroatoms. The zero-order valence-corrected chi connectivity index (χ0v) is 17.2. The van der Waals surface area contributed by atoms with Crippen LogP contribution in [0.1, 0.15) is 22.3 Å². The van der Waals surface area contributed by atoms with Gasteiger partial charge in [-0.2, -0.15) is 5.10 Å². The third kappa shape index (κ3) is 3.07. The van der Waals surface area contributed by atoms with Crippen LogP contribution in [0.15, 0.2) is 79.0 Å². The fourth-order valence-electron chi connectivity index (χ4n) is 3.88. The van der Waals surface area contributed by atoms with E-state index in [0.29, 0.717) is 0 Å². The van der Waals surface area contributed by atoms with Crippen molar-refractivity contribution < 1.29 is 9.47 Å². The lowest BCUT2D eigenvalue weighted by Crippen LogP contribution is -2.07. The second kappa shape index (κ2) is 7.23. The van der Waals surface area contributed by atoms with Gasteiger partial charge in [-0.25, -0.2) is 0 Å². The fourth-order valence-corrected chi connectivity index (χ4v) is 3.88. The highest BCUT2D eigenvalue weighted by atomic mass is 16.5. The fraction of sp³-hybridized carbons (Fsp3) is 0.115. The van der Waals surface area contributed by atoms with Crippen LogP contribution in [0.2, 0.25) is 0 Å². The third-order valence-electron chi connectivity index (χ3n) is 5.35. The van der Waals surface area contributed by atoms with Gasteiger partial charge in [0.15, 0.2) is 0 Å². The van der Waals surface area contributed by atoms with Crippen LogP contribution in [0.5, 0.6) is 11.5 Å². The van der Waals surface area contributed by atoms with E-state index in [2.05, 4.69) is 43.3 Å². The van der Waals surface area contributed by atoms with Crippen molar-refractivity contribution >= 4 is 11.3 Å². The number of ether oxygens (including phenoxy) is 2. The zero-order valence-electron chi connectivity index (χ0n) is 17.2. The number of para-hydroxylation sites is 1. The molecular weight excluding hydrogens is 372 g/mol. The predicted octanol–water partition coefficient (Wildman–Crippen LogP) is 5.71. The molecule has 2 heterocycles. The van der Waals surface area contributed by atoms with Crippen LogP contribution in [-0.4, -0.2) is 16.9 Å². The molecule has 0 atom stereocenters. The van der Waals surface area contributed by atoms with Crippen molar-refractivity contribution in [3.63, 3.8) is 0 Å². The third-order valence-corrected chi connectivity index (χ3v) is 5.35.